The van der Waals surface area contributed by atoms with Crippen molar-refractivity contribution in [3.8, 4) is 0 Å². The van der Waals surface area contributed by atoms with Gasteiger partial charge >= 0.3 is 0 Å². The minimum absolute atomic E-state index is 0.0684. The van der Waals surface area contributed by atoms with E-state index in [1.54, 1.807) is 0 Å². The molecule has 1 heterocycles. The fraction of sp³-hybridized carbons (Fsp3) is 0.909. The molecule has 0 aromatic rings. The average molecular weight is 214 g/mol. The van der Waals surface area contributed by atoms with Gasteiger partial charge in [-0.1, -0.05) is 20.3 Å². The molecule has 0 bridgehead atoms. The molecule has 1 amide bonds. The average Bonchev–Trinajstić information content (AvgIpc) is 2.61. The summed E-state index contributed by atoms with van der Waals surface area (Å²) in [5.41, 5.74) is 0. The summed E-state index contributed by atoms with van der Waals surface area (Å²) in [6.45, 7) is 6.16. The molecule has 15 heavy (non-hydrogen) atoms. The van der Waals surface area contributed by atoms with Crippen LogP contribution in [0.3, 0.4) is 0 Å². The van der Waals surface area contributed by atoms with Crippen LogP contribution in [0, 0.1) is 11.8 Å². The number of rotatable bonds is 5. The number of nitrogens with one attached hydrogen (secondary N) is 2. The molecular formula is C11H22N2O2. The molecule has 0 spiro atoms. The predicted octanol–water partition coefficient (Wildman–Crippen LogP) is 0.119. The zero-order valence-corrected chi connectivity index (χ0v) is 9.62. The molecule has 0 aromatic heterocycles. The van der Waals surface area contributed by atoms with Crippen molar-refractivity contribution in [2.24, 2.45) is 11.8 Å². The topological polar surface area (TPSA) is 61.4 Å². The Morgan fingerprint density at radius 1 is 1.60 bits per heavy atom. The Balaban J connectivity index is 2.23. The number of carbonyl (C=O) groups excluding carboxylic acids is 1. The summed E-state index contributed by atoms with van der Waals surface area (Å²) in [5, 5.41) is 15.5. The highest BCUT2D eigenvalue weighted by Gasteiger charge is 2.29. The van der Waals surface area contributed by atoms with Gasteiger partial charge in [-0.05, 0) is 18.9 Å². The summed E-state index contributed by atoms with van der Waals surface area (Å²) < 4.78 is 0. The van der Waals surface area contributed by atoms with Gasteiger partial charge < -0.3 is 15.7 Å². The molecule has 3 unspecified atom stereocenters. The zero-order valence-electron chi connectivity index (χ0n) is 9.62. The van der Waals surface area contributed by atoms with Gasteiger partial charge in [-0.2, -0.15) is 0 Å². The largest absolute Gasteiger partial charge is 0.391 e. The summed E-state index contributed by atoms with van der Waals surface area (Å²) in [6, 6.07) is 0. The van der Waals surface area contributed by atoms with Crippen LogP contribution < -0.4 is 10.6 Å². The molecule has 3 atom stereocenters. The number of hydrogen-bond acceptors (Lipinski definition) is 3. The molecule has 1 saturated heterocycles. The second-order valence-electron chi connectivity index (χ2n) is 4.43. The molecule has 1 fully saturated rings. The molecular weight excluding hydrogens is 192 g/mol. The van der Waals surface area contributed by atoms with E-state index in [9.17, 15) is 9.90 Å². The fourth-order valence-corrected chi connectivity index (χ4v) is 1.95. The molecule has 4 heteroatoms. The van der Waals surface area contributed by atoms with Crippen molar-refractivity contribution in [3.63, 3.8) is 0 Å². The minimum Gasteiger partial charge on any atom is -0.391 e. The summed E-state index contributed by atoms with van der Waals surface area (Å²) in [4.78, 5) is 11.7. The Morgan fingerprint density at radius 2 is 2.33 bits per heavy atom. The lowest BCUT2D eigenvalue weighted by Gasteiger charge is -2.16. The van der Waals surface area contributed by atoms with Crippen molar-refractivity contribution in [3.05, 3.63) is 0 Å². The van der Waals surface area contributed by atoms with E-state index in [-0.39, 0.29) is 11.8 Å². The zero-order chi connectivity index (χ0) is 11.3. The van der Waals surface area contributed by atoms with Gasteiger partial charge in [-0.25, -0.2) is 0 Å². The Labute approximate surface area is 91.4 Å². The van der Waals surface area contributed by atoms with Crippen molar-refractivity contribution >= 4 is 5.91 Å². The molecule has 88 valence electrons. The molecule has 0 radical (unpaired) electrons. The van der Waals surface area contributed by atoms with Gasteiger partial charge in [0.05, 0.1) is 12.0 Å². The fourth-order valence-electron chi connectivity index (χ4n) is 1.95. The standard InChI is InChI=1S/C11H22N2O2/c1-3-4-9(14)6-13-11(15)10-7-12-5-8(10)2/h8-10,12,14H,3-7H2,1-2H3,(H,13,15). The molecule has 1 aliphatic rings. The van der Waals surface area contributed by atoms with Gasteiger partial charge in [0.1, 0.15) is 0 Å². The van der Waals surface area contributed by atoms with Gasteiger partial charge in [0.25, 0.3) is 0 Å². The van der Waals surface area contributed by atoms with Crippen LogP contribution in [0.1, 0.15) is 26.7 Å². The SMILES string of the molecule is CCCC(O)CNC(=O)C1CNCC1C. The van der Waals surface area contributed by atoms with E-state index in [1.165, 1.54) is 0 Å². The maximum Gasteiger partial charge on any atom is 0.224 e. The van der Waals surface area contributed by atoms with Crippen LogP contribution in [-0.4, -0.2) is 36.8 Å². The van der Waals surface area contributed by atoms with Crippen molar-refractivity contribution in [2.45, 2.75) is 32.8 Å². The van der Waals surface area contributed by atoms with Crippen LogP contribution >= 0.6 is 0 Å². The molecule has 0 saturated carbocycles. The maximum atomic E-state index is 11.7. The van der Waals surface area contributed by atoms with Crippen LogP contribution in [-0.2, 0) is 4.79 Å². The van der Waals surface area contributed by atoms with Gasteiger partial charge in [0.2, 0.25) is 5.91 Å². The van der Waals surface area contributed by atoms with Crippen LogP contribution in [0.2, 0.25) is 0 Å². The van der Waals surface area contributed by atoms with Gasteiger partial charge in [0.15, 0.2) is 0 Å². The Kier molecular flexibility index (Phi) is 5.05. The monoisotopic (exact) mass is 214 g/mol. The molecule has 4 nitrogen and oxygen atoms in total. The minimum atomic E-state index is -0.399. The Morgan fingerprint density at radius 3 is 2.87 bits per heavy atom. The van der Waals surface area contributed by atoms with E-state index < -0.39 is 6.10 Å². The van der Waals surface area contributed by atoms with Crippen LogP contribution in [0.4, 0.5) is 0 Å². The third kappa shape index (κ3) is 3.80. The smallest absolute Gasteiger partial charge is 0.224 e. The third-order valence-corrected chi connectivity index (χ3v) is 2.99. The second kappa shape index (κ2) is 6.08. The summed E-state index contributed by atoms with van der Waals surface area (Å²) >= 11 is 0. The first-order valence-corrected chi connectivity index (χ1v) is 5.81. The first-order valence-electron chi connectivity index (χ1n) is 5.81. The number of aliphatic hydroxyl groups excluding tert-OH is 1. The number of aliphatic hydroxyl groups is 1. The first kappa shape index (κ1) is 12.5. The quantitative estimate of drug-likeness (QED) is 0.609. The lowest BCUT2D eigenvalue weighted by molar-refractivity contribution is -0.125. The molecule has 0 aromatic carbocycles. The van der Waals surface area contributed by atoms with Gasteiger partial charge in [-0.3, -0.25) is 4.79 Å². The molecule has 1 aliphatic heterocycles. The first-order chi connectivity index (χ1) is 7.15. The van der Waals surface area contributed by atoms with Gasteiger partial charge in [0, 0.05) is 13.1 Å². The second-order valence-corrected chi connectivity index (χ2v) is 4.43. The van der Waals surface area contributed by atoms with Crippen molar-refractivity contribution in [1.29, 1.82) is 0 Å². The molecule has 3 N–H and O–H groups in total. The number of hydrogen-bond donors (Lipinski definition) is 3. The van der Waals surface area contributed by atoms with Crippen molar-refractivity contribution in [2.75, 3.05) is 19.6 Å². The van der Waals surface area contributed by atoms with Crippen molar-refractivity contribution < 1.29 is 9.90 Å². The van der Waals surface area contributed by atoms with E-state index in [2.05, 4.69) is 17.6 Å². The normalized spacial score (nSPS) is 27.7. The Bertz CT molecular complexity index is 209. The van der Waals surface area contributed by atoms with Crippen molar-refractivity contribution in [1.82, 2.24) is 10.6 Å². The number of carbonyl (C=O) groups is 1. The highest BCUT2D eigenvalue weighted by Crippen LogP contribution is 2.15. The maximum absolute atomic E-state index is 11.7. The number of amides is 1. The van der Waals surface area contributed by atoms with Crippen LogP contribution in [0.5, 0.6) is 0 Å². The van der Waals surface area contributed by atoms with Gasteiger partial charge in [-0.15, -0.1) is 0 Å². The van der Waals surface area contributed by atoms with E-state index >= 15 is 0 Å². The van der Waals surface area contributed by atoms with E-state index in [4.69, 9.17) is 0 Å². The predicted molar refractivity (Wildman–Crippen MR) is 59.4 cm³/mol. The summed E-state index contributed by atoms with van der Waals surface area (Å²) in [6.07, 6.45) is 1.29. The van der Waals surface area contributed by atoms with Crippen LogP contribution in [0.15, 0.2) is 0 Å². The highest BCUT2D eigenvalue weighted by atomic mass is 16.3. The lowest BCUT2D eigenvalue weighted by atomic mass is 9.97. The lowest BCUT2D eigenvalue weighted by Crippen LogP contribution is -2.38. The van der Waals surface area contributed by atoms with E-state index in [0.29, 0.717) is 12.5 Å². The van der Waals surface area contributed by atoms with Crippen LogP contribution in [0.25, 0.3) is 0 Å². The summed E-state index contributed by atoms with van der Waals surface area (Å²) in [5.74, 6) is 0.537. The molecule has 1 rings (SSSR count). The van der Waals surface area contributed by atoms with E-state index in [0.717, 1.165) is 25.9 Å². The Hall–Kier alpha value is -0.610. The third-order valence-electron chi connectivity index (χ3n) is 2.99. The van der Waals surface area contributed by atoms with E-state index in [1.807, 2.05) is 6.92 Å². The summed E-state index contributed by atoms with van der Waals surface area (Å²) in [7, 11) is 0. The highest BCUT2D eigenvalue weighted by molar-refractivity contribution is 5.79. The molecule has 0 aliphatic carbocycles.